The van der Waals surface area contributed by atoms with Crippen LogP contribution in [-0.2, 0) is 18.3 Å². The fourth-order valence-corrected chi connectivity index (χ4v) is 4.17. The molecule has 0 aliphatic carbocycles. The molecule has 3 aromatic heterocycles. The van der Waals surface area contributed by atoms with Crippen molar-refractivity contribution in [1.82, 2.24) is 19.1 Å². The zero-order valence-electron chi connectivity index (χ0n) is 17.2. The number of anilines is 1. The van der Waals surface area contributed by atoms with Crippen LogP contribution in [0.2, 0.25) is 5.02 Å². The van der Waals surface area contributed by atoms with Crippen molar-refractivity contribution in [3.8, 4) is 11.4 Å². The lowest BCUT2D eigenvalue weighted by Gasteiger charge is -2.27. The molecular weight excluding hydrogens is 414 g/mol. The molecule has 8 heteroatoms. The van der Waals surface area contributed by atoms with E-state index in [9.17, 15) is 4.79 Å². The van der Waals surface area contributed by atoms with Crippen molar-refractivity contribution in [2.24, 2.45) is 7.05 Å². The molecule has 31 heavy (non-hydrogen) atoms. The molecule has 0 unspecified atom stereocenters. The van der Waals surface area contributed by atoms with Crippen molar-refractivity contribution >= 4 is 28.5 Å². The molecule has 4 heterocycles. The summed E-state index contributed by atoms with van der Waals surface area (Å²) in [6, 6.07) is 14.0. The van der Waals surface area contributed by atoms with Gasteiger partial charge in [-0.25, -0.2) is 9.97 Å². The number of benzene rings is 1. The Bertz CT molecular complexity index is 1270. The number of fused-ring (bicyclic) bond motifs is 1. The van der Waals surface area contributed by atoms with E-state index >= 15 is 0 Å². The van der Waals surface area contributed by atoms with E-state index in [0.717, 1.165) is 46.9 Å². The van der Waals surface area contributed by atoms with Crippen molar-refractivity contribution in [1.29, 1.82) is 0 Å². The average Bonchev–Trinajstić information content (AvgIpc) is 3.16. The van der Waals surface area contributed by atoms with Crippen LogP contribution in [0, 0.1) is 0 Å². The lowest BCUT2D eigenvalue weighted by atomic mass is 10.2. The molecule has 1 aliphatic heterocycles. The Morgan fingerprint density at radius 1 is 1.13 bits per heavy atom. The Labute approximate surface area is 184 Å². The first-order chi connectivity index (χ1) is 15.1. The highest BCUT2D eigenvalue weighted by Gasteiger charge is 2.19. The molecular formula is C23H22ClN5O2. The first kappa shape index (κ1) is 19.8. The van der Waals surface area contributed by atoms with E-state index in [0.29, 0.717) is 19.8 Å². The van der Waals surface area contributed by atoms with E-state index in [2.05, 4.69) is 32.7 Å². The third-order valence-corrected chi connectivity index (χ3v) is 5.81. The van der Waals surface area contributed by atoms with Crippen molar-refractivity contribution in [2.75, 3.05) is 31.2 Å². The molecule has 1 aromatic carbocycles. The highest BCUT2D eigenvalue weighted by atomic mass is 35.5. The van der Waals surface area contributed by atoms with Gasteiger partial charge in [0, 0.05) is 44.5 Å². The minimum absolute atomic E-state index is 0.172. The average molecular weight is 436 g/mol. The lowest BCUT2D eigenvalue weighted by Crippen LogP contribution is -2.36. The maximum Gasteiger partial charge on any atom is 0.269 e. The minimum Gasteiger partial charge on any atom is -0.378 e. The van der Waals surface area contributed by atoms with Crippen molar-refractivity contribution in [2.45, 2.75) is 6.54 Å². The number of rotatable bonds is 4. The van der Waals surface area contributed by atoms with E-state index in [1.54, 1.807) is 19.3 Å². The maximum atomic E-state index is 12.1. The third kappa shape index (κ3) is 3.82. The van der Waals surface area contributed by atoms with Crippen LogP contribution >= 0.6 is 11.6 Å². The summed E-state index contributed by atoms with van der Waals surface area (Å²) >= 11 is 6.21. The van der Waals surface area contributed by atoms with Gasteiger partial charge in [0.25, 0.3) is 5.56 Å². The van der Waals surface area contributed by atoms with Crippen LogP contribution in [0.1, 0.15) is 5.56 Å². The Balaban J connectivity index is 1.68. The van der Waals surface area contributed by atoms with E-state index in [1.807, 2.05) is 24.4 Å². The predicted molar refractivity (Wildman–Crippen MR) is 122 cm³/mol. The monoisotopic (exact) mass is 435 g/mol. The first-order valence-electron chi connectivity index (χ1n) is 10.2. The van der Waals surface area contributed by atoms with E-state index < -0.39 is 0 Å². The third-order valence-electron chi connectivity index (χ3n) is 5.54. The molecule has 1 aliphatic rings. The molecule has 0 atom stereocenters. The molecule has 7 nitrogen and oxygen atoms in total. The molecule has 0 saturated carbocycles. The van der Waals surface area contributed by atoms with Gasteiger partial charge in [-0.2, -0.15) is 0 Å². The van der Waals surface area contributed by atoms with Crippen molar-refractivity contribution in [3.63, 3.8) is 0 Å². The number of hydrogen-bond donors (Lipinski definition) is 0. The van der Waals surface area contributed by atoms with E-state index in [4.69, 9.17) is 21.3 Å². The number of imidazole rings is 1. The van der Waals surface area contributed by atoms with Gasteiger partial charge in [-0.15, -0.1) is 0 Å². The largest absolute Gasteiger partial charge is 0.378 e. The minimum atomic E-state index is -0.229. The van der Waals surface area contributed by atoms with Gasteiger partial charge >= 0.3 is 0 Å². The summed E-state index contributed by atoms with van der Waals surface area (Å²) in [7, 11) is 1.69. The number of morpholine rings is 1. The van der Waals surface area contributed by atoms with E-state index in [-0.39, 0.29) is 10.6 Å². The highest BCUT2D eigenvalue weighted by Crippen LogP contribution is 2.28. The Morgan fingerprint density at radius 3 is 2.65 bits per heavy atom. The first-order valence-corrected chi connectivity index (χ1v) is 10.6. The van der Waals surface area contributed by atoms with Crippen LogP contribution in [0.15, 0.2) is 59.7 Å². The second-order valence-corrected chi connectivity index (χ2v) is 8.04. The number of pyridine rings is 2. The van der Waals surface area contributed by atoms with Crippen molar-refractivity contribution in [3.05, 3.63) is 75.8 Å². The second-order valence-electron chi connectivity index (χ2n) is 7.63. The predicted octanol–water partition coefficient (Wildman–Crippen LogP) is 3.34. The second kappa shape index (κ2) is 8.17. The van der Waals surface area contributed by atoms with Gasteiger partial charge < -0.3 is 18.8 Å². The van der Waals surface area contributed by atoms with Crippen LogP contribution in [0.25, 0.3) is 22.4 Å². The molecule has 1 saturated heterocycles. The summed E-state index contributed by atoms with van der Waals surface area (Å²) in [6.07, 6.45) is 3.59. The number of nitrogens with zero attached hydrogens (tertiary/aromatic N) is 5. The molecule has 158 valence electrons. The number of aromatic nitrogens is 4. The summed E-state index contributed by atoms with van der Waals surface area (Å²) in [5.41, 5.74) is 3.50. The number of hydrogen-bond acceptors (Lipinski definition) is 5. The summed E-state index contributed by atoms with van der Waals surface area (Å²) < 4.78 is 9.12. The maximum absolute atomic E-state index is 12.1. The van der Waals surface area contributed by atoms with Gasteiger partial charge in [0.2, 0.25) is 0 Å². The van der Waals surface area contributed by atoms with Gasteiger partial charge in [-0.3, -0.25) is 4.79 Å². The molecule has 0 radical (unpaired) electrons. The molecule has 4 aromatic rings. The fourth-order valence-electron chi connectivity index (χ4n) is 3.92. The van der Waals surface area contributed by atoms with Crippen LogP contribution in [0.5, 0.6) is 0 Å². The van der Waals surface area contributed by atoms with Crippen LogP contribution in [0.3, 0.4) is 0 Å². The lowest BCUT2D eigenvalue weighted by molar-refractivity contribution is 0.122. The molecule has 1 fully saturated rings. The standard InChI is InChI=1S/C23H22ClN5O2/c1-27-15-17(11-18(24)23(27)30)22-26-19-13-25-21(28-7-9-31-10-8-28)12-20(19)29(22)14-16-5-3-2-4-6-16/h2-6,11-13,15H,7-10,14H2,1H3. The number of ether oxygens (including phenoxy) is 1. The smallest absolute Gasteiger partial charge is 0.269 e. The quantitative estimate of drug-likeness (QED) is 0.492. The molecule has 5 rings (SSSR count). The normalized spacial score (nSPS) is 14.3. The highest BCUT2D eigenvalue weighted by molar-refractivity contribution is 6.30. The topological polar surface area (TPSA) is 65.2 Å². The Kier molecular flexibility index (Phi) is 5.21. The van der Waals surface area contributed by atoms with Gasteiger partial charge in [0.15, 0.2) is 0 Å². The van der Waals surface area contributed by atoms with Gasteiger partial charge in [-0.1, -0.05) is 41.9 Å². The fraction of sp³-hybridized carbons (Fsp3) is 0.261. The zero-order valence-corrected chi connectivity index (χ0v) is 17.9. The molecule has 0 amide bonds. The number of halogens is 1. The summed E-state index contributed by atoms with van der Waals surface area (Å²) in [6.45, 7) is 3.67. The molecule has 0 N–H and O–H groups in total. The summed E-state index contributed by atoms with van der Waals surface area (Å²) in [5, 5.41) is 0.172. The van der Waals surface area contributed by atoms with Gasteiger partial charge in [0.1, 0.15) is 22.2 Å². The van der Waals surface area contributed by atoms with Crippen LogP contribution in [0.4, 0.5) is 5.82 Å². The Morgan fingerprint density at radius 2 is 1.90 bits per heavy atom. The van der Waals surface area contributed by atoms with Gasteiger partial charge in [0.05, 0.1) is 24.9 Å². The SMILES string of the molecule is Cn1cc(-c2nc3cnc(N4CCOCC4)cc3n2Cc2ccccc2)cc(Cl)c1=O. The Hall–Kier alpha value is -3.16. The van der Waals surface area contributed by atoms with Gasteiger partial charge in [-0.05, 0) is 11.6 Å². The number of aryl methyl sites for hydroxylation is 1. The van der Waals surface area contributed by atoms with Crippen molar-refractivity contribution < 1.29 is 4.74 Å². The zero-order chi connectivity index (χ0) is 21.4. The van der Waals surface area contributed by atoms with E-state index in [1.165, 1.54) is 4.57 Å². The molecule has 0 bridgehead atoms. The van der Waals surface area contributed by atoms with Crippen LogP contribution in [-0.4, -0.2) is 45.4 Å². The molecule has 0 spiro atoms. The van der Waals surface area contributed by atoms with Crippen LogP contribution < -0.4 is 10.5 Å². The summed E-state index contributed by atoms with van der Waals surface area (Å²) in [4.78, 5) is 23.8. The summed E-state index contributed by atoms with van der Waals surface area (Å²) in [5.74, 6) is 1.66.